The maximum absolute atomic E-state index is 5.84. The summed E-state index contributed by atoms with van der Waals surface area (Å²) in [5, 5.41) is 7.09. The van der Waals surface area contributed by atoms with Crippen LogP contribution in [-0.2, 0) is 4.74 Å². The van der Waals surface area contributed by atoms with E-state index < -0.39 is 0 Å². The van der Waals surface area contributed by atoms with E-state index in [-0.39, 0.29) is 29.4 Å². The molecule has 1 heterocycles. The third-order valence-corrected chi connectivity index (χ3v) is 5.39. The van der Waals surface area contributed by atoms with Crippen molar-refractivity contribution in [1.82, 2.24) is 10.6 Å². The van der Waals surface area contributed by atoms with E-state index in [1.54, 1.807) is 0 Å². The Morgan fingerprint density at radius 2 is 2.05 bits per heavy atom. The zero-order chi connectivity index (χ0) is 14.2. The Balaban J connectivity index is 0.00000161. The highest BCUT2D eigenvalue weighted by atomic mass is 127. The molecule has 3 unspecified atom stereocenters. The average Bonchev–Trinajstić information content (AvgIpc) is 3.14. The van der Waals surface area contributed by atoms with Crippen LogP contribution in [0.4, 0.5) is 0 Å². The first-order valence-corrected chi connectivity index (χ1v) is 8.21. The second-order valence-corrected chi connectivity index (χ2v) is 7.27. The summed E-state index contributed by atoms with van der Waals surface area (Å²) in [5.74, 6) is 2.65. The minimum Gasteiger partial charge on any atom is -0.377 e. The smallest absolute Gasteiger partial charge is 0.191 e. The molecule has 0 aromatic heterocycles. The molecule has 4 nitrogen and oxygen atoms in total. The molecule has 0 bridgehead atoms. The largest absolute Gasteiger partial charge is 0.377 e. The number of nitrogens with one attached hydrogen (secondary N) is 2. The van der Waals surface area contributed by atoms with Crippen LogP contribution < -0.4 is 10.6 Å². The van der Waals surface area contributed by atoms with Crippen LogP contribution in [-0.4, -0.2) is 38.3 Å². The van der Waals surface area contributed by atoms with Crippen molar-refractivity contribution in [1.29, 1.82) is 0 Å². The fourth-order valence-electron chi connectivity index (χ4n) is 3.96. The van der Waals surface area contributed by atoms with E-state index in [2.05, 4.69) is 29.5 Å². The maximum Gasteiger partial charge on any atom is 0.191 e. The third kappa shape index (κ3) is 3.66. The maximum atomic E-state index is 5.84. The van der Waals surface area contributed by atoms with Gasteiger partial charge in [0.15, 0.2) is 5.96 Å². The van der Waals surface area contributed by atoms with Crippen molar-refractivity contribution in [2.24, 2.45) is 22.2 Å². The van der Waals surface area contributed by atoms with Crippen LogP contribution >= 0.6 is 24.0 Å². The molecule has 2 aliphatic carbocycles. The molecule has 0 aromatic rings. The lowest BCUT2D eigenvalue weighted by Gasteiger charge is -2.54. The molecule has 3 atom stereocenters. The second kappa shape index (κ2) is 7.02. The lowest BCUT2D eigenvalue weighted by Crippen LogP contribution is -2.67. The molecule has 3 aliphatic rings. The first-order chi connectivity index (χ1) is 9.63. The topological polar surface area (TPSA) is 45.7 Å². The van der Waals surface area contributed by atoms with Gasteiger partial charge in [-0.1, -0.05) is 26.7 Å². The summed E-state index contributed by atoms with van der Waals surface area (Å²) in [6.07, 6.45) is 7.16. The van der Waals surface area contributed by atoms with Gasteiger partial charge in [0.05, 0.1) is 6.10 Å². The van der Waals surface area contributed by atoms with Crippen LogP contribution in [0.5, 0.6) is 0 Å². The number of aliphatic imine (C=N–C) groups is 1. The van der Waals surface area contributed by atoms with E-state index in [0.29, 0.717) is 18.1 Å². The van der Waals surface area contributed by atoms with E-state index >= 15 is 0 Å². The summed E-state index contributed by atoms with van der Waals surface area (Å²) < 4.78 is 5.84. The highest BCUT2D eigenvalue weighted by molar-refractivity contribution is 14.0. The van der Waals surface area contributed by atoms with E-state index in [4.69, 9.17) is 4.74 Å². The van der Waals surface area contributed by atoms with Crippen molar-refractivity contribution >= 4 is 29.9 Å². The Bertz CT molecular complexity index is 382. The molecule has 0 spiro atoms. The van der Waals surface area contributed by atoms with Gasteiger partial charge in [0.2, 0.25) is 0 Å². The minimum atomic E-state index is 0. The van der Waals surface area contributed by atoms with Crippen molar-refractivity contribution < 1.29 is 4.74 Å². The number of halogens is 1. The summed E-state index contributed by atoms with van der Waals surface area (Å²) in [6, 6.07) is 0.490. The SMILES string of the molecule is CN=C(NCCCC1CC1)NC1C2CCOC2C1(C)C.I. The molecule has 2 N–H and O–H groups in total. The van der Waals surface area contributed by atoms with Gasteiger partial charge < -0.3 is 15.4 Å². The van der Waals surface area contributed by atoms with Crippen molar-refractivity contribution in [2.75, 3.05) is 20.2 Å². The van der Waals surface area contributed by atoms with E-state index in [9.17, 15) is 0 Å². The van der Waals surface area contributed by atoms with Gasteiger partial charge in [0.1, 0.15) is 0 Å². The lowest BCUT2D eigenvalue weighted by atomic mass is 9.57. The van der Waals surface area contributed by atoms with Gasteiger partial charge in [-0.2, -0.15) is 0 Å². The highest BCUT2D eigenvalue weighted by Gasteiger charge is 2.59. The predicted octanol–water partition coefficient (Wildman–Crippen LogP) is 2.77. The molecule has 3 rings (SSSR count). The number of guanidine groups is 1. The summed E-state index contributed by atoms with van der Waals surface area (Å²) in [4.78, 5) is 4.38. The van der Waals surface area contributed by atoms with Gasteiger partial charge in [0, 0.05) is 37.6 Å². The predicted molar refractivity (Wildman–Crippen MR) is 97.3 cm³/mol. The molecule has 2 saturated carbocycles. The molecule has 5 heteroatoms. The molecule has 1 saturated heterocycles. The first kappa shape index (κ1) is 17.3. The molecular formula is C16H30IN3O. The molecule has 0 radical (unpaired) electrons. The fraction of sp³-hybridized carbons (Fsp3) is 0.938. The molecule has 122 valence electrons. The van der Waals surface area contributed by atoms with Gasteiger partial charge in [-0.25, -0.2) is 0 Å². The number of rotatable bonds is 5. The monoisotopic (exact) mass is 407 g/mol. The average molecular weight is 407 g/mol. The molecule has 1 aliphatic heterocycles. The Labute approximate surface area is 145 Å². The van der Waals surface area contributed by atoms with E-state index in [1.165, 1.54) is 32.1 Å². The van der Waals surface area contributed by atoms with Gasteiger partial charge in [-0.3, -0.25) is 4.99 Å². The highest BCUT2D eigenvalue weighted by Crippen LogP contribution is 2.52. The molecule has 3 fully saturated rings. The van der Waals surface area contributed by atoms with Gasteiger partial charge >= 0.3 is 0 Å². The molecule has 0 amide bonds. The summed E-state index contributed by atoms with van der Waals surface area (Å²) in [6.45, 7) is 6.56. The van der Waals surface area contributed by atoms with E-state index in [1.807, 2.05) is 7.05 Å². The van der Waals surface area contributed by atoms with Crippen molar-refractivity contribution in [3.63, 3.8) is 0 Å². The van der Waals surface area contributed by atoms with Gasteiger partial charge in [0.25, 0.3) is 0 Å². The summed E-state index contributed by atoms with van der Waals surface area (Å²) in [5.41, 5.74) is 0.215. The van der Waals surface area contributed by atoms with E-state index in [0.717, 1.165) is 25.0 Å². The third-order valence-electron chi connectivity index (χ3n) is 5.39. The standard InChI is InChI=1S/C16H29N3O.HI/c1-16(2)13(12-8-10-20-14(12)16)19-15(17-3)18-9-4-5-11-6-7-11;/h11-14H,4-10H2,1-3H3,(H2,17,18,19);1H. The van der Waals surface area contributed by atoms with Gasteiger partial charge in [-0.15, -0.1) is 24.0 Å². The van der Waals surface area contributed by atoms with Crippen LogP contribution in [0.2, 0.25) is 0 Å². The number of ether oxygens (including phenoxy) is 1. The molecule has 21 heavy (non-hydrogen) atoms. The lowest BCUT2D eigenvalue weighted by molar-refractivity contribution is -0.106. The quantitative estimate of drug-likeness (QED) is 0.319. The summed E-state index contributed by atoms with van der Waals surface area (Å²) in [7, 11) is 1.87. The number of nitrogens with zero attached hydrogens (tertiary/aromatic N) is 1. The molecule has 0 aromatic carbocycles. The van der Waals surface area contributed by atoms with Crippen LogP contribution in [0.25, 0.3) is 0 Å². The van der Waals surface area contributed by atoms with Gasteiger partial charge in [-0.05, 0) is 25.2 Å². The molecular weight excluding hydrogens is 377 g/mol. The number of hydrogen-bond acceptors (Lipinski definition) is 2. The van der Waals surface area contributed by atoms with Crippen LogP contribution in [0.1, 0.15) is 46.0 Å². The Morgan fingerprint density at radius 1 is 1.29 bits per heavy atom. The van der Waals surface area contributed by atoms with Crippen LogP contribution in [0.3, 0.4) is 0 Å². The minimum absolute atomic E-state index is 0. The Kier molecular flexibility index (Phi) is 5.79. The summed E-state index contributed by atoms with van der Waals surface area (Å²) >= 11 is 0. The van der Waals surface area contributed by atoms with Crippen LogP contribution in [0.15, 0.2) is 4.99 Å². The fourth-order valence-corrected chi connectivity index (χ4v) is 3.96. The van der Waals surface area contributed by atoms with Crippen molar-refractivity contribution in [3.05, 3.63) is 0 Å². The zero-order valence-corrected chi connectivity index (χ0v) is 15.9. The second-order valence-electron chi connectivity index (χ2n) is 7.27. The number of fused-ring (bicyclic) bond motifs is 1. The Morgan fingerprint density at radius 3 is 2.71 bits per heavy atom. The number of hydrogen-bond donors (Lipinski definition) is 2. The van der Waals surface area contributed by atoms with Crippen molar-refractivity contribution in [2.45, 2.75) is 58.1 Å². The normalized spacial score (nSPS) is 33.7. The van der Waals surface area contributed by atoms with Crippen molar-refractivity contribution in [3.8, 4) is 0 Å². The first-order valence-electron chi connectivity index (χ1n) is 8.21. The van der Waals surface area contributed by atoms with Crippen LogP contribution in [0, 0.1) is 17.3 Å². The Hall–Kier alpha value is -0.0400. The zero-order valence-electron chi connectivity index (χ0n) is 13.5.